The topological polar surface area (TPSA) is 53.1 Å². The molecule has 0 aromatic heterocycles. The van der Waals surface area contributed by atoms with Gasteiger partial charge in [-0.3, -0.25) is 9.59 Å². The highest BCUT2D eigenvalue weighted by Gasteiger charge is 2.39. The van der Waals surface area contributed by atoms with Crippen molar-refractivity contribution < 1.29 is 14.3 Å². The molecule has 3 aromatic rings. The van der Waals surface area contributed by atoms with Crippen LogP contribution in [-0.2, 0) is 4.79 Å². The van der Waals surface area contributed by atoms with E-state index in [2.05, 4.69) is 17.0 Å². The lowest BCUT2D eigenvalue weighted by Gasteiger charge is -2.42. The molecular formula is C29H31N3O3. The summed E-state index contributed by atoms with van der Waals surface area (Å²) in [4.78, 5) is 33.4. The molecule has 2 heterocycles. The molecule has 5 rings (SSSR count). The van der Waals surface area contributed by atoms with Crippen LogP contribution in [0, 0.1) is 0 Å². The molecule has 0 saturated carbocycles. The standard InChI is InChI=1S/C29H31N3O3/c1-21-20-26(29(34)31-18-16-30(17-19-31)23-8-4-3-5-9-23)25-10-6-7-11-27(25)32(21)28(33)22-12-14-24(35-2)15-13-22/h3-15,21,26H,16-20H2,1-2H3/t21-,26-/m0/s1. The minimum Gasteiger partial charge on any atom is -0.497 e. The number of nitrogens with zero attached hydrogens (tertiary/aromatic N) is 3. The number of piperazine rings is 1. The lowest BCUT2D eigenvalue weighted by Crippen LogP contribution is -2.52. The molecular weight excluding hydrogens is 438 g/mol. The number of carbonyl (C=O) groups excluding carboxylic acids is 2. The van der Waals surface area contributed by atoms with Crippen molar-refractivity contribution in [3.63, 3.8) is 0 Å². The van der Waals surface area contributed by atoms with Gasteiger partial charge in [0.2, 0.25) is 5.91 Å². The summed E-state index contributed by atoms with van der Waals surface area (Å²) in [5, 5.41) is 0. The molecule has 2 aliphatic heterocycles. The summed E-state index contributed by atoms with van der Waals surface area (Å²) in [6.07, 6.45) is 0.608. The molecule has 1 saturated heterocycles. The zero-order chi connectivity index (χ0) is 24.4. The van der Waals surface area contributed by atoms with Crippen LogP contribution in [-0.4, -0.2) is 56.0 Å². The number of ether oxygens (including phenoxy) is 1. The molecule has 2 aliphatic rings. The highest BCUT2D eigenvalue weighted by molar-refractivity contribution is 6.08. The van der Waals surface area contributed by atoms with E-state index in [1.165, 1.54) is 5.69 Å². The maximum Gasteiger partial charge on any atom is 0.258 e. The third kappa shape index (κ3) is 4.48. The predicted octanol–water partition coefficient (Wildman–Crippen LogP) is 4.57. The Labute approximate surface area is 206 Å². The number of amides is 2. The van der Waals surface area contributed by atoms with E-state index in [0.717, 1.165) is 24.3 Å². The number of fused-ring (bicyclic) bond motifs is 1. The van der Waals surface area contributed by atoms with E-state index in [0.29, 0.717) is 30.8 Å². The number of hydrogen-bond acceptors (Lipinski definition) is 4. The number of benzene rings is 3. The summed E-state index contributed by atoms with van der Waals surface area (Å²) >= 11 is 0. The van der Waals surface area contributed by atoms with E-state index >= 15 is 0 Å². The molecule has 0 aliphatic carbocycles. The quantitative estimate of drug-likeness (QED) is 0.562. The summed E-state index contributed by atoms with van der Waals surface area (Å²) in [6, 6.07) is 25.3. The first-order valence-corrected chi connectivity index (χ1v) is 12.2. The van der Waals surface area contributed by atoms with Crippen LogP contribution in [0.3, 0.4) is 0 Å². The number of rotatable bonds is 4. The van der Waals surface area contributed by atoms with Crippen molar-refractivity contribution in [2.24, 2.45) is 0 Å². The van der Waals surface area contributed by atoms with Crippen molar-refractivity contribution in [3.05, 3.63) is 90.0 Å². The lowest BCUT2D eigenvalue weighted by molar-refractivity contribution is -0.133. The fourth-order valence-corrected chi connectivity index (χ4v) is 5.27. The average Bonchev–Trinajstić information content (AvgIpc) is 2.92. The second kappa shape index (κ2) is 9.82. The van der Waals surface area contributed by atoms with E-state index in [-0.39, 0.29) is 23.8 Å². The molecule has 2 atom stereocenters. The molecule has 0 bridgehead atoms. The third-order valence-electron chi connectivity index (χ3n) is 7.16. The highest BCUT2D eigenvalue weighted by Crippen LogP contribution is 2.40. The van der Waals surface area contributed by atoms with Gasteiger partial charge >= 0.3 is 0 Å². The zero-order valence-electron chi connectivity index (χ0n) is 20.3. The summed E-state index contributed by atoms with van der Waals surface area (Å²) in [5.74, 6) is 0.569. The molecule has 3 aromatic carbocycles. The van der Waals surface area contributed by atoms with Crippen LogP contribution in [0.15, 0.2) is 78.9 Å². The van der Waals surface area contributed by atoms with Crippen LogP contribution in [0.5, 0.6) is 5.75 Å². The van der Waals surface area contributed by atoms with Crippen LogP contribution in [0.2, 0.25) is 0 Å². The summed E-state index contributed by atoms with van der Waals surface area (Å²) in [6.45, 7) is 5.08. The molecule has 0 spiro atoms. The Bertz CT molecular complexity index is 1190. The monoisotopic (exact) mass is 469 g/mol. The largest absolute Gasteiger partial charge is 0.497 e. The summed E-state index contributed by atoms with van der Waals surface area (Å²) < 4.78 is 5.23. The van der Waals surface area contributed by atoms with Crippen molar-refractivity contribution in [2.75, 3.05) is 43.1 Å². The zero-order valence-corrected chi connectivity index (χ0v) is 20.3. The van der Waals surface area contributed by atoms with E-state index in [9.17, 15) is 9.59 Å². The van der Waals surface area contributed by atoms with Crippen molar-refractivity contribution >= 4 is 23.2 Å². The minimum absolute atomic E-state index is 0.0602. The van der Waals surface area contributed by atoms with Gasteiger partial charge in [0, 0.05) is 49.2 Å². The van der Waals surface area contributed by atoms with E-state index in [1.54, 1.807) is 31.4 Å². The number of para-hydroxylation sites is 2. The summed E-state index contributed by atoms with van der Waals surface area (Å²) in [5.41, 5.74) is 3.56. The fraction of sp³-hybridized carbons (Fsp3) is 0.310. The highest BCUT2D eigenvalue weighted by atomic mass is 16.5. The van der Waals surface area contributed by atoms with Gasteiger partial charge in [-0.05, 0) is 61.4 Å². The van der Waals surface area contributed by atoms with E-state index in [1.807, 2.05) is 59.2 Å². The molecule has 0 unspecified atom stereocenters. The van der Waals surface area contributed by atoms with Gasteiger partial charge in [-0.1, -0.05) is 36.4 Å². The maximum atomic E-state index is 13.7. The van der Waals surface area contributed by atoms with Gasteiger partial charge < -0.3 is 19.4 Å². The Morgan fingerprint density at radius 3 is 2.17 bits per heavy atom. The average molecular weight is 470 g/mol. The van der Waals surface area contributed by atoms with Crippen LogP contribution in [0.1, 0.15) is 35.2 Å². The maximum absolute atomic E-state index is 13.7. The molecule has 6 nitrogen and oxygen atoms in total. The first kappa shape index (κ1) is 23.0. The SMILES string of the molecule is COc1ccc(C(=O)N2c3ccccc3[C@@H](C(=O)N3CCN(c4ccccc4)CC3)C[C@@H]2C)cc1. The Hall–Kier alpha value is -3.80. The normalized spacial score (nSPS) is 19.8. The molecule has 6 heteroatoms. The second-order valence-electron chi connectivity index (χ2n) is 9.25. The van der Waals surface area contributed by atoms with Crippen LogP contribution < -0.4 is 14.5 Å². The van der Waals surface area contributed by atoms with Crippen LogP contribution >= 0.6 is 0 Å². The van der Waals surface area contributed by atoms with Crippen molar-refractivity contribution in [2.45, 2.75) is 25.3 Å². The van der Waals surface area contributed by atoms with Gasteiger partial charge in [0.05, 0.1) is 13.0 Å². The number of methoxy groups -OCH3 is 1. The van der Waals surface area contributed by atoms with Gasteiger partial charge in [-0.15, -0.1) is 0 Å². The van der Waals surface area contributed by atoms with Crippen LogP contribution in [0.25, 0.3) is 0 Å². The third-order valence-corrected chi connectivity index (χ3v) is 7.16. The van der Waals surface area contributed by atoms with Gasteiger partial charge in [0.25, 0.3) is 5.91 Å². The molecule has 2 amide bonds. The second-order valence-corrected chi connectivity index (χ2v) is 9.25. The number of hydrogen-bond donors (Lipinski definition) is 0. The first-order chi connectivity index (χ1) is 17.1. The van der Waals surface area contributed by atoms with Gasteiger partial charge in [0.1, 0.15) is 5.75 Å². The minimum atomic E-state index is -0.246. The molecule has 35 heavy (non-hydrogen) atoms. The van der Waals surface area contributed by atoms with Gasteiger partial charge in [-0.2, -0.15) is 0 Å². The first-order valence-electron chi connectivity index (χ1n) is 12.2. The van der Waals surface area contributed by atoms with Gasteiger partial charge in [0.15, 0.2) is 0 Å². The number of carbonyl (C=O) groups is 2. The number of anilines is 2. The molecule has 1 fully saturated rings. The Morgan fingerprint density at radius 2 is 1.49 bits per heavy atom. The molecule has 0 radical (unpaired) electrons. The Balaban J connectivity index is 1.35. The molecule has 0 N–H and O–H groups in total. The smallest absolute Gasteiger partial charge is 0.258 e. The van der Waals surface area contributed by atoms with Crippen LogP contribution in [0.4, 0.5) is 11.4 Å². The van der Waals surface area contributed by atoms with E-state index < -0.39 is 0 Å². The van der Waals surface area contributed by atoms with E-state index in [4.69, 9.17) is 4.74 Å². The van der Waals surface area contributed by atoms with Gasteiger partial charge in [-0.25, -0.2) is 0 Å². The fourth-order valence-electron chi connectivity index (χ4n) is 5.27. The molecule has 180 valence electrons. The predicted molar refractivity (Wildman–Crippen MR) is 138 cm³/mol. The Morgan fingerprint density at radius 1 is 0.829 bits per heavy atom. The Kier molecular flexibility index (Phi) is 6.45. The van der Waals surface area contributed by atoms with Crippen molar-refractivity contribution in [1.82, 2.24) is 4.90 Å². The summed E-state index contributed by atoms with van der Waals surface area (Å²) in [7, 11) is 1.61. The lowest BCUT2D eigenvalue weighted by atomic mass is 9.84. The van der Waals surface area contributed by atoms with Crippen molar-refractivity contribution in [1.29, 1.82) is 0 Å². The van der Waals surface area contributed by atoms with Crippen molar-refractivity contribution in [3.8, 4) is 5.75 Å².